The van der Waals surface area contributed by atoms with Crippen LogP contribution in [0.25, 0.3) is 0 Å². The lowest BCUT2D eigenvalue weighted by Crippen LogP contribution is -2.62. The zero-order valence-corrected chi connectivity index (χ0v) is 9.99. The lowest BCUT2D eigenvalue weighted by Gasteiger charge is -2.46. The molecule has 2 atom stereocenters. The number of hydrogen-bond acceptors (Lipinski definition) is 4. The molecule has 0 aromatic heterocycles. The highest BCUT2D eigenvalue weighted by Gasteiger charge is 2.42. The van der Waals surface area contributed by atoms with E-state index in [2.05, 4.69) is 4.74 Å². The smallest absolute Gasteiger partial charge is 0.411 e. The number of hydroxylamine groups is 2. The molecular weight excluding hydrogens is 226 g/mol. The van der Waals surface area contributed by atoms with Crippen molar-refractivity contribution in [3.8, 4) is 0 Å². The molecule has 2 unspecified atom stereocenters. The number of nitrogens with zero attached hydrogens (tertiary/aromatic N) is 3. The van der Waals surface area contributed by atoms with E-state index < -0.39 is 12.3 Å². The highest BCUT2D eigenvalue weighted by molar-refractivity contribution is 5.74. The third-order valence-electron chi connectivity index (χ3n) is 2.69. The van der Waals surface area contributed by atoms with Gasteiger partial charge in [-0.2, -0.15) is 5.06 Å². The third kappa shape index (κ3) is 1.93. The van der Waals surface area contributed by atoms with Crippen LogP contribution in [-0.2, 0) is 9.57 Å². The number of rotatable bonds is 0. The van der Waals surface area contributed by atoms with E-state index >= 15 is 0 Å². The fraction of sp³-hybridized carbons (Fsp3) is 0.600. The van der Waals surface area contributed by atoms with Crippen LogP contribution >= 0.6 is 0 Å². The van der Waals surface area contributed by atoms with Gasteiger partial charge in [-0.1, -0.05) is 6.08 Å². The lowest BCUT2D eigenvalue weighted by atomic mass is 10.1. The Kier molecular flexibility index (Phi) is 2.93. The highest BCUT2D eigenvalue weighted by atomic mass is 16.7. The minimum Gasteiger partial charge on any atom is -0.453 e. The monoisotopic (exact) mass is 241 g/mol. The van der Waals surface area contributed by atoms with Crippen LogP contribution in [0.15, 0.2) is 12.2 Å². The Labute approximate surface area is 99.1 Å². The second-order valence-electron chi connectivity index (χ2n) is 4.07. The quantitative estimate of drug-likeness (QED) is 0.570. The van der Waals surface area contributed by atoms with Crippen LogP contribution in [0.4, 0.5) is 9.59 Å². The SMILES string of the molecule is COC(=O)N1CC2C=CC1ON2C(=O)N(C)C. The second-order valence-corrected chi connectivity index (χ2v) is 4.07. The van der Waals surface area contributed by atoms with Gasteiger partial charge in [0.05, 0.1) is 19.7 Å². The van der Waals surface area contributed by atoms with Gasteiger partial charge in [0.25, 0.3) is 0 Å². The summed E-state index contributed by atoms with van der Waals surface area (Å²) in [4.78, 5) is 31.5. The minimum atomic E-state index is -0.573. The first-order valence-electron chi connectivity index (χ1n) is 5.25. The molecule has 3 aliphatic rings. The first-order valence-corrected chi connectivity index (χ1v) is 5.25. The minimum absolute atomic E-state index is 0.242. The molecule has 7 heteroatoms. The molecule has 0 N–H and O–H groups in total. The maximum Gasteiger partial charge on any atom is 0.411 e. The van der Waals surface area contributed by atoms with Gasteiger partial charge in [-0.15, -0.1) is 0 Å². The van der Waals surface area contributed by atoms with Crippen molar-refractivity contribution in [2.45, 2.75) is 12.3 Å². The van der Waals surface area contributed by atoms with E-state index in [-0.39, 0.29) is 12.1 Å². The predicted octanol–water partition coefficient (Wildman–Crippen LogP) is 0.248. The molecule has 94 valence electrons. The van der Waals surface area contributed by atoms with E-state index in [1.54, 1.807) is 20.2 Å². The van der Waals surface area contributed by atoms with Crippen molar-refractivity contribution < 1.29 is 19.2 Å². The fourth-order valence-electron chi connectivity index (χ4n) is 1.81. The molecule has 0 spiro atoms. The van der Waals surface area contributed by atoms with Crippen molar-refractivity contribution in [3.05, 3.63) is 12.2 Å². The summed E-state index contributed by atoms with van der Waals surface area (Å²) in [5, 5.41) is 1.28. The molecule has 0 aliphatic carbocycles. The van der Waals surface area contributed by atoms with E-state index in [9.17, 15) is 9.59 Å². The molecule has 3 heterocycles. The summed E-state index contributed by atoms with van der Waals surface area (Å²) < 4.78 is 4.64. The van der Waals surface area contributed by atoms with Crippen LogP contribution in [0, 0.1) is 0 Å². The number of ether oxygens (including phenoxy) is 1. The van der Waals surface area contributed by atoms with Gasteiger partial charge in [0, 0.05) is 14.1 Å². The van der Waals surface area contributed by atoms with Crippen molar-refractivity contribution in [2.24, 2.45) is 0 Å². The fourth-order valence-corrected chi connectivity index (χ4v) is 1.81. The Morgan fingerprint density at radius 2 is 2.12 bits per heavy atom. The predicted molar refractivity (Wildman–Crippen MR) is 57.8 cm³/mol. The molecule has 3 amide bonds. The second kappa shape index (κ2) is 4.25. The molecule has 1 fully saturated rings. The van der Waals surface area contributed by atoms with Crippen LogP contribution in [0.2, 0.25) is 0 Å². The van der Waals surface area contributed by atoms with E-state index in [0.29, 0.717) is 6.54 Å². The largest absolute Gasteiger partial charge is 0.453 e. The molecule has 0 aromatic carbocycles. The van der Waals surface area contributed by atoms with E-state index in [0.717, 1.165) is 0 Å². The summed E-state index contributed by atoms with van der Waals surface area (Å²) >= 11 is 0. The van der Waals surface area contributed by atoms with E-state index in [1.807, 2.05) is 6.08 Å². The number of carbonyl (C=O) groups is 2. The molecule has 1 saturated heterocycles. The Morgan fingerprint density at radius 3 is 2.59 bits per heavy atom. The summed E-state index contributed by atoms with van der Waals surface area (Å²) in [6.07, 6.45) is 2.57. The Morgan fingerprint density at radius 1 is 1.41 bits per heavy atom. The summed E-state index contributed by atoms with van der Waals surface area (Å²) in [5.74, 6) is 0. The topological polar surface area (TPSA) is 62.3 Å². The zero-order valence-electron chi connectivity index (χ0n) is 9.99. The first-order chi connectivity index (χ1) is 8.04. The molecular formula is C10H15N3O4. The summed E-state index contributed by atoms with van der Waals surface area (Å²) in [7, 11) is 4.61. The van der Waals surface area contributed by atoms with Crippen LogP contribution in [0.3, 0.4) is 0 Å². The highest BCUT2D eigenvalue weighted by Crippen LogP contribution is 2.25. The maximum absolute atomic E-state index is 11.8. The lowest BCUT2D eigenvalue weighted by molar-refractivity contribution is -0.242. The molecule has 3 rings (SSSR count). The average Bonchev–Trinajstić information content (AvgIpc) is 2.37. The van der Waals surface area contributed by atoms with E-state index in [4.69, 9.17) is 4.84 Å². The molecule has 0 radical (unpaired) electrons. The average molecular weight is 241 g/mol. The molecule has 17 heavy (non-hydrogen) atoms. The molecule has 7 nitrogen and oxygen atoms in total. The number of fused-ring (bicyclic) bond motifs is 2. The summed E-state index contributed by atoms with van der Waals surface area (Å²) in [5.41, 5.74) is 0. The van der Waals surface area contributed by atoms with Gasteiger partial charge >= 0.3 is 12.1 Å². The van der Waals surface area contributed by atoms with Crippen LogP contribution in [-0.4, -0.2) is 67.0 Å². The van der Waals surface area contributed by atoms with Crippen molar-refractivity contribution in [1.82, 2.24) is 14.9 Å². The molecule has 3 aliphatic heterocycles. The van der Waals surface area contributed by atoms with Gasteiger partial charge in [0.15, 0.2) is 6.23 Å². The van der Waals surface area contributed by atoms with Gasteiger partial charge in [-0.3, -0.25) is 4.90 Å². The summed E-state index contributed by atoms with van der Waals surface area (Å²) in [6, 6.07) is -0.511. The van der Waals surface area contributed by atoms with Gasteiger partial charge in [-0.25, -0.2) is 14.4 Å². The third-order valence-corrected chi connectivity index (χ3v) is 2.69. The van der Waals surface area contributed by atoms with Crippen LogP contribution < -0.4 is 0 Å². The normalized spacial score (nSPS) is 26.1. The van der Waals surface area contributed by atoms with Gasteiger partial charge in [0.2, 0.25) is 0 Å². The summed E-state index contributed by atoms with van der Waals surface area (Å²) in [6.45, 7) is 0.382. The molecule has 2 bridgehead atoms. The maximum atomic E-state index is 11.8. The number of urea groups is 1. The molecule has 0 aromatic rings. The van der Waals surface area contributed by atoms with Gasteiger partial charge in [-0.05, 0) is 6.08 Å². The molecule has 0 saturated carbocycles. The Bertz CT molecular complexity index is 369. The first kappa shape index (κ1) is 11.7. The Balaban J connectivity index is 2.11. The van der Waals surface area contributed by atoms with Crippen LogP contribution in [0.1, 0.15) is 0 Å². The zero-order chi connectivity index (χ0) is 12.6. The Hall–Kier alpha value is -1.76. The number of methoxy groups -OCH3 is 1. The van der Waals surface area contributed by atoms with E-state index in [1.165, 1.54) is 22.0 Å². The van der Waals surface area contributed by atoms with Crippen molar-refractivity contribution >= 4 is 12.1 Å². The van der Waals surface area contributed by atoms with Gasteiger partial charge in [0.1, 0.15) is 0 Å². The van der Waals surface area contributed by atoms with Crippen molar-refractivity contribution in [3.63, 3.8) is 0 Å². The number of carbonyl (C=O) groups excluding carboxylic acids is 2. The van der Waals surface area contributed by atoms with Crippen molar-refractivity contribution in [2.75, 3.05) is 27.7 Å². The number of hydrogen-bond donors (Lipinski definition) is 0. The van der Waals surface area contributed by atoms with Gasteiger partial charge < -0.3 is 9.64 Å². The standard InChI is InChI=1S/C10H15N3O4/c1-11(2)9(14)13-7-4-5-8(17-13)12(6-7)10(15)16-3/h4-5,7-8H,6H2,1-3H3. The van der Waals surface area contributed by atoms with Crippen LogP contribution in [0.5, 0.6) is 0 Å². The van der Waals surface area contributed by atoms with Crippen molar-refractivity contribution in [1.29, 1.82) is 0 Å². The number of amides is 3.